The van der Waals surface area contributed by atoms with Crippen molar-refractivity contribution in [3.05, 3.63) is 51.9 Å². The van der Waals surface area contributed by atoms with Gasteiger partial charge in [-0.1, -0.05) is 31.5 Å². The molecule has 1 N–H and O–H groups in total. The van der Waals surface area contributed by atoms with Gasteiger partial charge in [-0.2, -0.15) is 0 Å². The van der Waals surface area contributed by atoms with Crippen LogP contribution < -0.4 is 5.56 Å². The highest BCUT2D eigenvalue weighted by atomic mass is 16.7. The van der Waals surface area contributed by atoms with E-state index in [1.54, 1.807) is 18.9 Å². The van der Waals surface area contributed by atoms with Crippen LogP contribution >= 0.6 is 0 Å². The number of hydrogen-bond acceptors (Lipinski definition) is 4. The average molecular weight is 331 g/mol. The number of aromatic nitrogens is 2. The van der Waals surface area contributed by atoms with Crippen molar-refractivity contribution in [2.24, 2.45) is 4.99 Å². The van der Waals surface area contributed by atoms with Gasteiger partial charge in [0.2, 0.25) is 0 Å². The zero-order valence-corrected chi connectivity index (χ0v) is 14.7. The fraction of sp³-hybridized carbons (Fsp3) is 0.444. The number of para-hydroxylation sites is 1. The number of aryl methyl sites for hydroxylation is 1. The van der Waals surface area contributed by atoms with E-state index in [0.29, 0.717) is 17.8 Å². The molecule has 0 fully saturated rings. The van der Waals surface area contributed by atoms with Crippen molar-refractivity contribution < 1.29 is 9.47 Å². The number of benzene rings is 1. The summed E-state index contributed by atoms with van der Waals surface area (Å²) in [7, 11) is 3.14. The maximum Gasteiger partial charge on any atom is 0.280 e. The quantitative estimate of drug-likeness (QED) is 0.597. The predicted molar refractivity (Wildman–Crippen MR) is 95.3 cm³/mol. The molecule has 6 nitrogen and oxygen atoms in total. The van der Waals surface area contributed by atoms with Crippen LogP contribution in [0.3, 0.4) is 0 Å². The highest BCUT2D eigenvalue weighted by Gasteiger charge is 2.17. The van der Waals surface area contributed by atoms with Crippen LogP contribution in [-0.4, -0.2) is 42.5 Å². The van der Waals surface area contributed by atoms with E-state index < -0.39 is 6.29 Å². The van der Waals surface area contributed by atoms with Crippen LogP contribution in [0.15, 0.2) is 40.1 Å². The van der Waals surface area contributed by atoms with Gasteiger partial charge in [-0.05, 0) is 25.5 Å². The molecule has 0 spiro atoms. The monoisotopic (exact) mass is 331 g/mol. The Morgan fingerprint density at radius 1 is 1.25 bits per heavy atom. The molecule has 0 saturated carbocycles. The summed E-state index contributed by atoms with van der Waals surface area (Å²) >= 11 is 0. The molecule has 0 aliphatic heterocycles. The lowest BCUT2D eigenvalue weighted by Gasteiger charge is -2.10. The van der Waals surface area contributed by atoms with Gasteiger partial charge in [0.05, 0.1) is 17.8 Å². The smallest absolute Gasteiger partial charge is 0.280 e. The molecule has 0 saturated heterocycles. The van der Waals surface area contributed by atoms with E-state index >= 15 is 0 Å². The Morgan fingerprint density at radius 2 is 1.92 bits per heavy atom. The number of ether oxygens (including phenoxy) is 2. The first-order valence-electron chi connectivity index (χ1n) is 8.08. The Morgan fingerprint density at radius 3 is 2.50 bits per heavy atom. The average Bonchev–Trinajstić information content (AvgIpc) is 2.93. The zero-order valence-electron chi connectivity index (χ0n) is 14.7. The Balaban J connectivity index is 2.43. The topological polar surface area (TPSA) is 68.6 Å². The molecule has 0 amide bonds. The van der Waals surface area contributed by atoms with Gasteiger partial charge in [0.1, 0.15) is 0 Å². The van der Waals surface area contributed by atoms with Gasteiger partial charge >= 0.3 is 0 Å². The van der Waals surface area contributed by atoms with Crippen LogP contribution in [-0.2, 0) is 15.9 Å². The first-order valence-corrected chi connectivity index (χ1v) is 8.08. The number of nitrogens with zero attached hydrogens (tertiary/aromatic N) is 2. The summed E-state index contributed by atoms with van der Waals surface area (Å²) in [4.78, 5) is 17.4. The fourth-order valence-electron chi connectivity index (χ4n) is 2.58. The molecule has 0 aliphatic carbocycles. The summed E-state index contributed by atoms with van der Waals surface area (Å²) in [5.41, 5.74) is 2.95. The van der Waals surface area contributed by atoms with Crippen LogP contribution in [0.1, 0.15) is 31.5 Å². The van der Waals surface area contributed by atoms with E-state index in [4.69, 9.17) is 9.47 Å². The third-order valence-electron chi connectivity index (χ3n) is 3.85. The highest BCUT2D eigenvalue weighted by molar-refractivity contribution is 5.99. The van der Waals surface area contributed by atoms with Crippen LogP contribution in [0.5, 0.6) is 0 Å². The molecule has 1 heterocycles. The Hall–Kier alpha value is -2.18. The fourth-order valence-corrected chi connectivity index (χ4v) is 2.58. The molecular weight excluding hydrogens is 306 g/mol. The van der Waals surface area contributed by atoms with Crippen molar-refractivity contribution in [3.8, 4) is 5.69 Å². The van der Waals surface area contributed by atoms with E-state index in [9.17, 15) is 4.79 Å². The van der Waals surface area contributed by atoms with Gasteiger partial charge in [0.15, 0.2) is 6.29 Å². The summed E-state index contributed by atoms with van der Waals surface area (Å²) in [6, 6.07) is 9.54. The van der Waals surface area contributed by atoms with Crippen molar-refractivity contribution >= 4 is 5.71 Å². The number of aliphatic imine (C=N–C) groups is 1. The van der Waals surface area contributed by atoms with Crippen LogP contribution in [0.25, 0.3) is 5.69 Å². The Kier molecular flexibility index (Phi) is 6.52. The second-order valence-electron chi connectivity index (χ2n) is 5.52. The number of nitrogens with one attached hydrogen (secondary N) is 1. The van der Waals surface area contributed by atoms with Gasteiger partial charge in [-0.15, -0.1) is 0 Å². The maximum atomic E-state index is 12.9. The second kappa shape index (κ2) is 8.61. The first-order chi connectivity index (χ1) is 11.6. The van der Waals surface area contributed by atoms with E-state index in [2.05, 4.69) is 17.0 Å². The molecule has 0 radical (unpaired) electrons. The molecule has 1 aromatic carbocycles. The molecule has 0 bridgehead atoms. The molecule has 2 aromatic rings. The maximum absolute atomic E-state index is 12.9. The molecule has 2 rings (SSSR count). The number of methoxy groups -OCH3 is 2. The summed E-state index contributed by atoms with van der Waals surface area (Å²) < 4.78 is 11.9. The van der Waals surface area contributed by atoms with Crippen LogP contribution in [0.4, 0.5) is 0 Å². The molecule has 130 valence electrons. The third-order valence-corrected chi connectivity index (χ3v) is 3.85. The highest BCUT2D eigenvalue weighted by Crippen LogP contribution is 2.11. The summed E-state index contributed by atoms with van der Waals surface area (Å²) in [6.07, 6.45) is 1.31. The standard InChI is InChI=1S/C18H25N3O3/c1-5-9-15-17(13(2)19-12-16(23-3)24-4)18(22)21(20-15)14-10-7-6-8-11-14/h6-8,10-11,16,20H,5,9,12H2,1-4H3. The van der Waals surface area contributed by atoms with Gasteiger partial charge in [0.25, 0.3) is 5.56 Å². The minimum absolute atomic E-state index is 0.0858. The molecule has 0 aliphatic rings. The third kappa shape index (κ3) is 4.01. The van der Waals surface area contributed by atoms with Gasteiger partial charge in [0, 0.05) is 25.6 Å². The molecule has 6 heteroatoms. The number of hydrogen-bond donors (Lipinski definition) is 1. The molecular formula is C18H25N3O3. The van der Waals surface area contributed by atoms with E-state index in [1.807, 2.05) is 37.3 Å². The normalized spacial score (nSPS) is 12.1. The minimum atomic E-state index is -0.412. The first kappa shape index (κ1) is 18.2. The Bertz CT molecular complexity index is 728. The minimum Gasteiger partial charge on any atom is -0.354 e. The van der Waals surface area contributed by atoms with Crippen LogP contribution in [0, 0.1) is 0 Å². The van der Waals surface area contributed by atoms with Crippen molar-refractivity contribution in [2.45, 2.75) is 33.0 Å². The van der Waals surface area contributed by atoms with Gasteiger partial charge in [-0.25, -0.2) is 4.68 Å². The molecule has 1 aromatic heterocycles. The van der Waals surface area contributed by atoms with Gasteiger partial charge in [-0.3, -0.25) is 14.9 Å². The lowest BCUT2D eigenvalue weighted by atomic mass is 10.1. The van der Waals surface area contributed by atoms with Crippen LogP contribution in [0.2, 0.25) is 0 Å². The number of aromatic amines is 1. The van der Waals surface area contributed by atoms with Crippen molar-refractivity contribution in [3.63, 3.8) is 0 Å². The summed E-state index contributed by atoms with van der Waals surface area (Å²) in [6.45, 7) is 4.28. The lowest BCUT2D eigenvalue weighted by molar-refractivity contribution is -0.0936. The van der Waals surface area contributed by atoms with Crippen molar-refractivity contribution in [2.75, 3.05) is 20.8 Å². The SMILES string of the molecule is CCCc1[nH]n(-c2ccccc2)c(=O)c1C(C)=NCC(OC)OC. The van der Waals surface area contributed by atoms with E-state index in [1.165, 1.54) is 0 Å². The number of H-pyrrole nitrogens is 1. The summed E-state index contributed by atoms with van der Waals surface area (Å²) in [5.74, 6) is 0. The molecule has 24 heavy (non-hydrogen) atoms. The van der Waals surface area contributed by atoms with E-state index in [0.717, 1.165) is 24.2 Å². The number of rotatable bonds is 8. The van der Waals surface area contributed by atoms with Crippen molar-refractivity contribution in [1.82, 2.24) is 9.78 Å². The van der Waals surface area contributed by atoms with Crippen molar-refractivity contribution in [1.29, 1.82) is 0 Å². The molecule has 0 atom stereocenters. The predicted octanol–water partition coefficient (Wildman–Crippen LogP) is 2.55. The largest absolute Gasteiger partial charge is 0.354 e. The Labute approximate surface area is 142 Å². The van der Waals surface area contributed by atoms with E-state index in [-0.39, 0.29) is 5.56 Å². The molecule has 0 unspecified atom stereocenters. The van der Waals surface area contributed by atoms with Gasteiger partial charge < -0.3 is 9.47 Å². The lowest BCUT2D eigenvalue weighted by Crippen LogP contribution is -2.22. The summed E-state index contributed by atoms with van der Waals surface area (Å²) in [5, 5.41) is 3.22. The second-order valence-corrected chi connectivity index (χ2v) is 5.52. The zero-order chi connectivity index (χ0) is 17.5.